The molecule has 0 aliphatic carbocycles. The van der Waals surface area contributed by atoms with Gasteiger partial charge >= 0.3 is 11.7 Å². The molecule has 0 saturated carbocycles. The number of hydrogen-bond donors (Lipinski definition) is 1. The molecule has 1 spiro atoms. The summed E-state index contributed by atoms with van der Waals surface area (Å²) in [7, 11) is 0. The topological polar surface area (TPSA) is 47.6 Å². The van der Waals surface area contributed by atoms with Crippen LogP contribution in [0.2, 0.25) is 5.02 Å². The van der Waals surface area contributed by atoms with Gasteiger partial charge in [0.2, 0.25) is 0 Å². The first kappa shape index (κ1) is 12.3. The zero-order chi connectivity index (χ0) is 14.4. The molecule has 2 aliphatic rings. The molecule has 1 amide bonds. The number of fused-ring (bicyclic) bond motifs is 2. The second-order valence-corrected chi connectivity index (χ2v) is 5.29. The van der Waals surface area contributed by atoms with Gasteiger partial charge in [0.05, 0.1) is 11.3 Å². The Morgan fingerprint density at radius 3 is 2.52 bits per heavy atom. The molecular weight excluding hydrogens is 290 g/mol. The highest BCUT2D eigenvalue weighted by molar-refractivity contribution is 6.30. The first-order valence-electron chi connectivity index (χ1n) is 6.42. The van der Waals surface area contributed by atoms with Crippen molar-refractivity contribution < 1.29 is 14.3 Å². The van der Waals surface area contributed by atoms with Crippen LogP contribution in [0.3, 0.4) is 0 Å². The molecule has 0 bridgehead atoms. The second-order valence-electron chi connectivity index (χ2n) is 4.85. The van der Waals surface area contributed by atoms with Crippen LogP contribution in [0.4, 0.5) is 5.69 Å². The molecule has 0 saturated heterocycles. The van der Waals surface area contributed by atoms with E-state index in [9.17, 15) is 4.79 Å². The monoisotopic (exact) mass is 299 g/mol. The quantitative estimate of drug-likeness (QED) is 0.874. The number of halogens is 1. The molecule has 0 fully saturated rings. The van der Waals surface area contributed by atoms with Crippen LogP contribution in [0, 0.1) is 0 Å². The molecule has 104 valence electrons. The summed E-state index contributed by atoms with van der Waals surface area (Å²) in [4.78, 5) is 12.1. The van der Waals surface area contributed by atoms with E-state index in [0.29, 0.717) is 16.3 Å². The van der Waals surface area contributed by atoms with Crippen molar-refractivity contribution >= 4 is 23.2 Å². The Bertz CT molecular complexity index is 777. The van der Waals surface area contributed by atoms with E-state index < -0.39 is 5.79 Å². The van der Waals surface area contributed by atoms with Gasteiger partial charge in [0, 0.05) is 5.02 Å². The van der Waals surface area contributed by atoms with E-state index in [4.69, 9.17) is 21.1 Å². The van der Waals surface area contributed by atoms with Crippen molar-refractivity contribution in [2.24, 2.45) is 0 Å². The normalized spacial score (nSPS) is 17.3. The van der Waals surface area contributed by atoms with Crippen LogP contribution in [0.1, 0.15) is 5.56 Å². The molecule has 0 radical (unpaired) electrons. The van der Waals surface area contributed by atoms with Crippen molar-refractivity contribution in [2.45, 2.75) is 5.79 Å². The third-order valence-electron chi connectivity index (χ3n) is 3.60. The van der Waals surface area contributed by atoms with Crippen LogP contribution in [0.25, 0.3) is 11.1 Å². The van der Waals surface area contributed by atoms with Crippen LogP contribution in [-0.2, 0) is 20.1 Å². The molecule has 5 heteroatoms. The number of carbonyl (C=O) groups is 1. The Hall–Kier alpha value is -2.46. The lowest BCUT2D eigenvalue weighted by Crippen LogP contribution is -2.35. The SMILES string of the molecule is O=C1Nc2ccc(-c3cccc(Cl)c3)cc2C12OC=CO2. The number of ether oxygens (including phenoxy) is 2. The maximum atomic E-state index is 12.1. The van der Waals surface area contributed by atoms with E-state index in [1.807, 2.05) is 42.5 Å². The molecule has 2 aliphatic heterocycles. The lowest BCUT2D eigenvalue weighted by atomic mass is 9.99. The highest BCUT2D eigenvalue weighted by atomic mass is 35.5. The summed E-state index contributed by atoms with van der Waals surface area (Å²) >= 11 is 6.03. The Labute approximate surface area is 125 Å². The van der Waals surface area contributed by atoms with Gasteiger partial charge in [-0.05, 0) is 35.4 Å². The molecule has 2 aromatic carbocycles. The number of anilines is 1. The highest BCUT2D eigenvalue weighted by Gasteiger charge is 2.53. The minimum Gasteiger partial charge on any atom is -0.445 e. The Morgan fingerprint density at radius 1 is 1.00 bits per heavy atom. The minimum absolute atomic E-state index is 0.328. The van der Waals surface area contributed by atoms with E-state index in [1.165, 1.54) is 12.5 Å². The standard InChI is InChI=1S/C16H10ClNO3/c17-12-3-1-2-10(8-12)11-4-5-14-13(9-11)16(15(19)18-14)20-6-7-21-16/h1-9H,(H,18,19). The van der Waals surface area contributed by atoms with Gasteiger partial charge in [-0.25, -0.2) is 0 Å². The first-order valence-corrected chi connectivity index (χ1v) is 6.79. The molecule has 0 unspecified atom stereocenters. The van der Waals surface area contributed by atoms with Crippen LogP contribution in [0.15, 0.2) is 55.0 Å². The molecule has 1 N–H and O–H groups in total. The Morgan fingerprint density at radius 2 is 1.76 bits per heavy atom. The molecule has 4 nitrogen and oxygen atoms in total. The summed E-state index contributed by atoms with van der Waals surface area (Å²) < 4.78 is 10.8. The number of rotatable bonds is 1. The molecule has 2 aromatic rings. The van der Waals surface area contributed by atoms with Gasteiger partial charge in [-0.3, -0.25) is 4.79 Å². The van der Waals surface area contributed by atoms with Crippen molar-refractivity contribution in [1.29, 1.82) is 0 Å². The van der Waals surface area contributed by atoms with Crippen molar-refractivity contribution in [3.63, 3.8) is 0 Å². The summed E-state index contributed by atoms with van der Waals surface area (Å²) in [5, 5.41) is 3.42. The summed E-state index contributed by atoms with van der Waals surface area (Å²) in [5.74, 6) is -1.73. The van der Waals surface area contributed by atoms with Gasteiger partial charge in [-0.1, -0.05) is 29.8 Å². The average molecular weight is 300 g/mol. The Balaban J connectivity index is 1.85. The highest BCUT2D eigenvalue weighted by Crippen LogP contribution is 2.44. The Kier molecular flexibility index (Phi) is 2.50. The predicted molar refractivity (Wildman–Crippen MR) is 78.5 cm³/mol. The molecule has 0 aromatic heterocycles. The van der Waals surface area contributed by atoms with Crippen LogP contribution < -0.4 is 5.32 Å². The second kappa shape index (κ2) is 4.27. The van der Waals surface area contributed by atoms with Gasteiger partial charge in [0.25, 0.3) is 0 Å². The fourth-order valence-electron chi connectivity index (χ4n) is 2.61. The van der Waals surface area contributed by atoms with Crippen molar-refractivity contribution in [2.75, 3.05) is 5.32 Å². The van der Waals surface area contributed by atoms with Gasteiger partial charge < -0.3 is 14.8 Å². The minimum atomic E-state index is -1.40. The number of hydrogen-bond acceptors (Lipinski definition) is 3. The van der Waals surface area contributed by atoms with E-state index in [0.717, 1.165) is 11.1 Å². The van der Waals surface area contributed by atoms with Gasteiger partial charge in [-0.2, -0.15) is 0 Å². The van der Waals surface area contributed by atoms with E-state index >= 15 is 0 Å². The van der Waals surface area contributed by atoms with E-state index in [2.05, 4.69) is 5.32 Å². The first-order chi connectivity index (χ1) is 10.2. The van der Waals surface area contributed by atoms with Crippen LogP contribution in [-0.4, -0.2) is 5.91 Å². The van der Waals surface area contributed by atoms with Gasteiger partial charge in [0.15, 0.2) is 0 Å². The average Bonchev–Trinajstić information content (AvgIpc) is 3.07. The molecule has 4 rings (SSSR count). The number of benzene rings is 2. The number of carbonyl (C=O) groups excluding carboxylic acids is 1. The zero-order valence-electron chi connectivity index (χ0n) is 10.8. The van der Waals surface area contributed by atoms with Gasteiger partial charge in [-0.15, -0.1) is 0 Å². The van der Waals surface area contributed by atoms with E-state index in [1.54, 1.807) is 0 Å². The third kappa shape index (κ3) is 1.73. The maximum absolute atomic E-state index is 12.1. The van der Waals surface area contributed by atoms with Crippen molar-refractivity contribution in [1.82, 2.24) is 0 Å². The van der Waals surface area contributed by atoms with Gasteiger partial charge in [0.1, 0.15) is 12.5 Å². The van der Waals surface area contributed by atoms with E-state index in [-0.39, 0.29) is 5.91 Å². The summed E-state index contributed by atoms with van der Waals surface area (Å²) in [5.41, 5.74) is 3.25. The zero-order valence-corrected chi connectivity index (χ0v) is 11.6. The largest absolute Gasteiger partial charge is 0.445 e. The van der Waals surface area contributed by atoms with Crippen LogP contribution >= 0.6 is 11.6 Å². The maximum Gasteiger partial charge on any atom is 0.361 e. The van der Waals surface area contributed by atoms with Crippen molar-refractivity contribution in [3.05, 3.63) is 65.6 Å². The summed E-state index contributed by atoms with van der Waals surface area (Å²) in [6.45, 7) is 0. The molecular formula is C16H10ClNO3. The summed E-state index contributed by atoms with van der Waals surface area (Å²) in [6.07, 6.45) is 2.75. The lowest BCUT2D eigenvalue weighted by Gasteiger charge is -2.20. The fourth-order valence-corrected chi connectivity index (χ4v) is 2.80. The molecule has 2 heterocycles. The predicted octanol–water partition coefficient (Wildman–Crippen LogP) is 3.63. The fraction of sp³-hybridized carbons (Fsp3) is 0.0625. The lowest BCUT2D eigenvalue weighted by molar-refractivity contribution is -0.171. The smallest absolute Gasteiger partial charge is 0.361 e. The summed E-state index contributed by atoms with van der Waals surface area (Å²) in [6, 6.07) is 13.2. The number of amides is 1. The van der Waals surface area contributed by atoms with Crippen molar-refractivity contribution in [3.8, 4) is 11.1 Å². The molecule has 0 atom stereocenters. The molecule has 21 heavy (non-hydrogen) atoms. The number of nitrogens with one attached hydrogen (secondary N) is 1. The van der Waals surface area contributed by atoms with Crippen LogP contribution in [0.5, 0.6) is 0 Å². The third-order valence-corrected chi connectivity index (χ3v) is 3.84.